The van der Waals surface area contributed by atoms with Crippen LogP contribution in [0.1, 0.15) is 128 Å². The van der Waals surface area contributed by atoms with Crippen molar-refractivity contribution in [1.29, 1.82) is 0 Å². The summed E-state index contributed by atoms with van der Waals surface area (Å²) < 4.78 is 15.6. The van der Waals surface area contributed by atoms with Crippen molar-refractivity contribution in [1.82, 2.24) is 50.8 Å². The Hall–Kier alpha value is -8.10. The molecular weight excluding hydrogens is 1290 g/mol. The minimum absolute atomic E-state index is 0. The van der Waals surface area contributed by atoms with E-state index >= 15 is 0 Å². The Morgan fingerprint density at radius 3 is 1.48 bits per heavy atom. The molecule has 2 fully saturated rings. The standard InChI is InChI=1S/C33H37ClN6O4.C26H32BrClN6O3.C7H7BO3.CH4/c1-3-29-26(32(38-24-10-12-44-13-11-24)27-19-37-40(4-2)33(27)39-29)18-36-31(43)16-30(42)35-17-21-8-9-28(34)25(15-21)23-7-5-6-22(14-23)20-41;1-3-22-18(14-30-24(36)12-23(35)29-13-16-5-6-21(28)20(27)11-16)25(32-17-7-9-37-10-8-17)19-15-31-34(4-2)26(19)33-22;9-5-6-2-1-3-7(4-6)8(10)11;/h5-9,14-15,19-20,24H,3-4,10-13,16-18H2,1-2H3,(H,35,42)(H,36,43)(H,38,39);5-6,11,15,17H,3-4,7-10,12-14H2,1-2H3,(H,29,35)(H,30,36)(H,32,33);1-5,10-11H;1H4. The van der Waals surface area contributed by atoms with Crippen LogP contribution in [-0.2, 0) is 80.8 Å². The first-order valence-electron chi connectivity index (χ1n) is 30.7. The Morgan fingerprint density at radius 1 is 0.602 bits per heavy atom. The molecule has 2 saturated heterocycles. The lowest BCUT2D eigenvalue weighted by atomic mass is 9.80. The molecule has 492 valence electrons. The van der Waals surface area contributed by atoms with Crippen molar-refractivity contribution in [3.05, 3.63) is 157 Å². The zero-order valence-corrected chi connectivity index (χ0v) is 54.9. The summed E-state index contributed by atoms with van der Waals surface area (Å²) in [6, 6.07) is 24.7. The second-order valence-electron chi connectivity index (χ2n) is 21.9. The lowest BCUT2D eigenvalue weighted by molar-refractivity contribution is -0.131. The molecule has 0 aliphatic carbocycles. The second kappa shape index (κ2) is 35.8. The summed E-state index contributed by atoms with van der Waals surface area (Å²) in [5.74, 6) is -1.47. The van der Waals surface area contributed by atoms with Crippen LogP contribution in [-0.4, -0.2) is 121 Å². The number of anilines is 2. The number of aromatic nitrogens is 6. The van der Waals surface area contributed by atoms with Gasteiger partial charge in [-0.05, 0) is 121 Å². The number of carbonyl (C=O) groups excluding carboxylic acids is 6. The number of ether oxygens (including phenoxy) is 2. The normalized spacial score (nSPS) is 13.1. The first kappa shape index (κ1) is 72.3. The van der Waals surface area contributed by atoms with E-state index in [2.05, 4.69) is 58.0 Å². The maximum atomic E-state index is 12.9. The van der Waals surface area contributed by atoms with Gasteiger partial charge in [-0.15, -0.1) is 0 Å². The highest BCUT2D eigenvalue weighted by Crippen LogP contribution is 2.34. The summed E-state index contributed by atoms with van der Waals surface area (Å²) in [5, 5.41) is 48.3. The summed E-state index contributed by atoms with van der Waals surface area (Å²) in [6.07, 6.45) is 9.51. The zero-order valence-electron chi connectivity index (χ0n) is 51.8. The summed E-state index contributed by atoms with van der Waals surface area (Å²) in [5.41, 5.74) is 11.7. The smallest absolute Gasteiger partial charge is 0.423 e. The molecule has 0 saturated carbocycles. The van der Waals surface area contributed by atoms with Crippen LogP contribution in [0.3, 0.4) is 0 Å². The summed E-state index contributed by atoms with van der Waals surface area (Å²) in [7, 11) is -1.50. The predicted octanol–water partition coefficient (Wildman–Crippen LogP) is 9.22. The number of nitrogens with one attached hydrogen (secondary N) is 6. The third-order valence-corrected chi connectivity index (χ3v) is 17.1. The quantitative estimate of drug-likeness (QED) is 0.0159. The number of amides is 4. The summed E-state index contributed by atoms with van der Waals surface area (Å²) >= 11 is 15.8. The van der Waals surface area contributed by atoms with E-state index in [-0.39, 0.29) is 69.7 Å². The van der Waals surface area contributed by atoms with Crippen LogP contribution in [0, 0.1) is 0 Å². The molecule has 0 spiro atoms. The Bertz CT molecular complexity index is 3890. The highest BCUT2D eigenvalue weighted by molar-refractivity contribution is 9.10. The number of hydrogen-bond acceptors (Lipinski definition) is 16. The Kier molecular flexibility index (Phi) is 27.9. The van der Waals surface area contributed by atoms with E-state index in [9.17, 15) is 28.8 Å². The van der Waals surface area contributed by atoms with Gasteiger partial charge in [0.2, 0.25) is 23.6 Å². The van der Waals surface area contributed by atoms with Crippen LogP contribution >= 0.6 is 39.1 Å². The highest BCUT2D eigenvalue weighted by atomic mass is 79.9. The molecule has 4 aromatic carbocycles. The Morgan fingerprint density at radius 2 is 1.04 bits per heavy atom. The van der Waals surface area contributed by atoms with Crippen molar-refractivity contribution in [3.63, 3.8) is 0 Å². The van der Waals surface area contributed by atoms with Gasteiger partial charge in [0.15, 0.2) is 11.3 Å². The van der Waals surface area contributed by atoms with Gasteiger partial charge in [0.25, 0.3) is 0 Å². The van der Waals surface area contributed by atoms with Crippen molar-refractivity contribution in [3.8, 4) is 11.1 Å². The largest absolute Gasteiger partial charge is 0.488 e. The van der Waals surface area contributed by atoms with Gasteiger partial charge < -0.3 is 51.4 Å². The number of hydrogen-bond donors (Lipinski definition) is 8. The number of pyridine rings is 2. The SMILES string of the molecule is C.CCc1nc2c(cnn2CC)c(NC2CCOCC2)c1CNC(=O)CC(=O)NCc1ccc(Cl)c(-c2cccc(C=O)c2)c1.CCc1nc2c(cnn2CC)c(NC2CCOCC2)c1CNC(=O)CC(=O)NCc1ccc(Cl)c(Br)c1.O=Cc1cccc(B(O)O)c1. The van der Waals surface area contributed by atoms with Gasteiger partial charge >= 0.3 is 7.12 Å². The van der Waals surface area contributed by atoms with Gasteiger partial charge in [-0.3, -0.25) is 28.8 Å². The zero-order chi connectivity index (χ0) is 65.7. The molecule has 0 radical (unpaired) electrons. The molecule has 4 aromatic heterocycles. The van der Waals surface area contributed by atoms with Crippen LogP contribution in [0.25, 0.3) is 33.2 Å². The van der Waals surface area contributed by atoms with E-state index < -0.39 is 13.0 Å². The first-order valence-corrected chi connectivity index (χ1v) is 32.3. The molecule has 93 heavy (non-hydrogen) atoms. The number of aldehydes is 2. The van der Waals surface area contributed by atoms with Crippen LogP contribution in [0.2, 0.25) is 10.0 Å². The van der Waals surface area contributed by atoms with Gasteiger partial charge in [-0.1, -0.05) is 99.1 Å². The molecule has 8 N–H and O–H groups in total. The fraction of sp³-hybridized carbons (Fsp3) is 0.373. The van der Waals surface area contributed by atoms with Crippen molar-refractivity contribution in [2.24, 2.45) is 0 Å². The van der Waals surface area contributed by atoms with Gasteiger partial charge in [0.1, 0.15) is 25.4 Å². The lowest BCUT2D eigenvalue weighted by Crippen LogP contribution is -2.32. The summed E-state index contributed by atoms with van der Waals surface area (Å²) in [6.45, 7) is 13.5. The van der Waals surface area contributed by atoms with Gasteiger partial charge in [-0.2, -0.15) is 10.2 Å². The molecular formula is C67H80BBrCl2N12O10. The molecule has 2 aliphatic rings. The highest BCUT2D eigenvalue weighted by Gasteiger charge is 2.25. The second-order valence-corrected chi connectivity index (χ2v) is 23.6. The van der Waals surface area contributed by atoms with E-state index in [0.29, 0.717) is 78.6 Å². The van der Waals surface area contributed by atoms with E-state index in [1.807, 2.05) is 79.8 Å². The van der Waals surface area contributed by atoms with E-state index in [1.165, 1.54) is 12.1 Å². The summed E-state index contributed by atoms with van der Waals surface area (Å²) in [4.78, 5) is 81.9. The third kappa shape index (κ3) is 20.0. The molecule has 4 amide bonds. The molecule has 26 heteroatoms. The van der Waals surface area contributed by atoms with Crippen molar-refractivity contribution >= 4 is 121 Å². The monoisotopic (exact) mass is 1370 g/mol. The first-order chi connectivity index (χ1) is 44.5. The van der Waals surface area contributed by atoms with Crippen LogP contribution < -0.4 is 37.4 Å². The van der Waals surface area contributed by atoms with Crippen LogP contribution in [0.5, 0.6) is 0 Å². The fourth-order valence-electron chi connectivity index (χ4n) is 10.6. The minimum Gasteiger partial charge on any atom is -0.423 e. The number of rotatable bonds is 24. The van der Waals surface area contributed by atoms with E-state index in [1.54, 1.807) is 42.5 Å². The van der Waals surface area contributed by atoms with Gasteiger partial charge in [0, 0.05) is 126 Å². The fourth-order valence-corrected chi connectivity index (χ4v) is 11.4. The molecule has 6 heterocycles. The predicted molar refractivity (Wildman–Crippen MR) is 367 cm³/mol. The maximum absolute atomic E-state index is 12.9. The molecule has 22 nitrogen and oxygen atoms in total. The van der Waals surface area contributed by atoms with Crippen molar-refractivity contribution in [2.45, 2.75) is 138 Å². The number of halogens is 3. The van der Waals surface area contributed by atoms with Gasteiger partial charge in [-0.25, -0.2) is 19.3 Å². The number of fused-ring (bicyclic) bond motifs is 2. The molecule has 10 rings (SSSR count). The number of aryl methyl sites for hydroxylation is 4. The molecule has 2 aliphatic heterocycles. The third-order valence-electron chi connectivity index (χ3n) is 15.6. The molecule has 0 atom stereocenters. The van der Waals surface area contributed by atoms with Crippen molar-refractivity contribution in [2.75, 3.05) is 37.1 Å². The lowest BCUT2D eigenvalue weighted by Gasteiger charge is -2.26. The average molecular weight is 1380 g/mol. The molecule has 0 unspecified atom stereocenters. The Balaban J connectivity index is 0.000000226. The maximum Gasteiger partial charge on any atom is 0.488 e. The van der Waals surface area contributed by atoms with Gasteiger partial charge in [0.05, 0.1) is 39.6 Å². The van der Waals surface area contributed by atoms with Crippen LogP contribution in [0.15, 0.2) is 102 Å². The minimum atomic E-state index is -1.50. The average Bonchev–Trinajstić information content (AvgIpc) is 1.70. The van der Waals surface area contributed by atoms with E-state index in [4.69, 9.17) is 52.7 Å². The topological polar surface area (TPSA) is 295 Å². The Labute approximate surface area is 560 Å². The molecule has 8 aromatic rings. The number of nitrogens with zero attached hydrogens (tertiary/aromatic N) is 6. The number of carbonyl (C=O) groups is 6. The van der Waals surface area contributed by atoms with Crippen LogP contribution in [0.4, 0.5) is 11.4 Å². The number of benzene rings is 4. The van der Waals surface area contributed by atoms with Crippen molar-refractivity contribution < 1.29 is 48.3 Å². The van der Waals surface area contributed by atoms with E-state index in [0.717, 1.165) is 128 Å². The molecule has 0 bridgehead atoms.